The Kier molecular flexibility index (Phi) is 23.3. The standard InChI is InChI=1S/C38H63NO13/c1-3-5-7-8-9-10-11-12-13-14-15-16-17-18-20-22-30(43)39-26(27(42)21-19-6-4-2)25-49-37-35(48)33(46)36(29(24-41)51-37)52-38-34(47)32(45)31(44)28(23-40)50-38/h5,7,9-10,12-13,15-16,19,21,26-29,31-38,40-42,44-48H,3-4,6,8,11,14,17-18,20,22-25H2,1-2H3,(H,39,43)/b7-5-,10-9-,13-12-,16-15-,21-19+. The molecule has 12 unspecified atom stereocenters. The second-order valence-electron chi connectivity index (χ2n) is 13.0. The quantitative estimate of drug-likeness (QED) is 0.0501. The first-order chi connectivity index (χ1) is 25.1. The summed E-state index contributed by atoms with van der Waals surface area (Å²) in [5.74, 6) is -0.298. The van der Waals surface area contributed by atoms with Crippen molar-refractivity contribution in [1.29, 1.82) is 0 Å². The van der Waals surface area contributed by atoms with Crippen molar-refractivity contribution in [3.63, 3.8) is 0 Å². The van der Waals surface area contributed by atoms with E-state index >= 15 is 0 Å². The number of carbonyl (C=O) groups excluding carboxylic acids is 1. The molecule has 2 aliphatic heterocycles. The molecule has 298 valence electrons. The zero-order chi connectivity index (χ0) is 38.3. The minimum Gasteiger partial charge on any atom is -0.394 e. The van der Waals surface area contributed by atoms with E-state index in [1.807, 2.05) is 6.92 Å². The molecule has 2 fully saturated rings. The van der Waals surface area contributed by atoms with E-state index in [-0.39, 0.29) is 18.9 Å². The van der Waals surface area contributed by atoms with Crippen LogP contribution in [0.1, 0.15) is 78.1 Å². The van der Waals surface area contributed by atoms with Gasteiger partial charge in [0.05, 0.1) is 32.0 Å². The van der Waals surface area contributed by atoms with Crippen LogP contribution in [0.3, 0.4) is 0 Å². The van der Waals surface area contributed by atoms with Crippen LogP contribution in [0.25, 0.3) is 0 Å². The topological polar surface area (TPSA) is 228 Å². The van der Waals surface area contributed by atoms with E-state index in [1.165, 1.54) is 0 Å². The average molecular weight is 742 g/mol. The monoisotopic (exact) mass is 741 g/mol. The van der Waals surface area contributed by atoms with Gasteiger partial charge < -0.3 is 65.1 Å². The maximum atomic E-state index is 12.8. The Balaban J connectivity index is 1.88. The zero-order valence-corrected chi connectivity index (χ0v) is 30.5. The van der Waals surface area contributed by atoms with Crippen LogP contribution in [0, 0.1) is 0 Å². The Morgan fingerprint density at radius 1 is 0.712 bits per heavy atom. The number of hydrogen-bond acceptors (Lipinski definition) is 13. The second kappa shape index (κ2) is 26.5. The molecule has 52 heavy (non-hydrogen) atoms. The molecule has 1 amide bonds. The fourth-order valence-corrected chi connectivity index (χ4v) is 5.58. The Hall–Kier alpha value is -2.31. The lowest BCUT2D eigenvalue weighted by atomic mass is 9.97. The number of hydrogen-bond donors (Lipinski definition) is 9. The Labute approximate surface area is 307 Å². The number of amides is 1. The molecule has 2 saturated heterocycles. The summed E-state index contributed by atoms with van der Waals surface area (Å²) in [4.78, 5) is 12.8. The van der Waals surface area contributed by atoms with Gasteiger partial charge in [0.2, 0.25) is 5.91 Å². The molecule has 2 aliphatic rings. The first-order valence-electron chi connectivity index (χ1n) is 18.5. The molecular formula is C38H63NO13. The molecule has 2 heterocycles. The number of nitrogens with one attached hydrogen (secondary N) is 1. The summed E-state index contributed by atoms with van der Waals surface area (Å²) in [5, 5.41) is 85.3. The molecule has 0 bridgehead atoms. The predicted octanol–water partition coefficient (Wildman–Crippen LogP) is 1.19. The van der Waals surface area contributed by atoms with Crippen LogP contribution in [0.15, 0.2) is 60.8 Å². The minimum absolute atomic E-state index is 0.222. The van der Waals surface area contributed by atoms with Gasteiger partial charge in [-0.2, -0.15) is 0 Å². The van der Waals surface area contributed by atoms with Crippen molar-refractivity contribution in [1.82, 2.24) is 5.32 Å². The summed E-state index contributed by atoms with van der Waals surface area (Å²) in [6, 6.07) is -0.932. The number of allylic oxidation sites excluding steroid dienone is 9. The van der Waals surface area contributed by atoms with E-state index in [2.05, 4.69) is 60.8 Å². The predicted molar refractivity (Wildman–Crippen MR) is 194 cm³/mol. The summed E-state index contributed by atoms with van der Waals surface area (Å²) in [6.07, 6.45) is 11.1. The van der Waals surface area contributed by atoms with Crippen LogP contribution in [0.5, 0.6) is 0 Å². The van der Waals surface area contributed by atoms with E-state index < -0.39 is 86.8 Å². The van der Waals surface area contributed by atoms with Gasteiger partial charge in [-0.15, -0.1) is 0 Å². The Morgan fingerprint density at radius 2 is 1.31 bits per heavy atom. The fourth-order valence-electron chi connectivity index (χ4n) is 5.58. The maximum absolute atomic E-state index is 12.8. The van der Waals surface area contributed by atoms with Crippen molar-refractivity contribution in [2.75, 3.05) is 19.8 Å². The van der Waals surface area contributed by atoms with Gasteiger partial charge in [-0.25, -0.2) is 0 Å². The summed E-state index contributed by atoms with van der Waals surface area (Å²) in [5.41, 5.74) is 0. The normalized spacial score (nSPS) is 31.4. The number of rotatable bonds is 24. The average Bonchev–Trinajstić information content (AvgIpc) is 3.14. The highest BCUT2D eigenvalue weighted by atomic mass is 16.7. The Morgan fingerprint density at radius 3 is 1.92 bits per heavy atom. The highest BCUT2D eigenvalue weighted by Crippen LogP contribution is 2.29. The number of aliphatic hydroxyl groups is 8. The van der Waals surface area contributed by atoms with E-state index in [1.54, 1.807) is 12.2 Å². The molecule has 0 aromatic rings. The number of unbranched alkanes of at least 4 members (excludes halogenated alkanes) is 3. The van der Waals surface area contributed by atoms with Crippen molar-refractivity contribution in [3.8, 4) is 0 Å². The van der Waals surface area contributed by atoms with Gasteiger partial charge in [-0.1, -0.05) is 81.0 Å². The third kappa shape index (κ3) is 16.0. The van der Waals surface area contributed by atoms with Crippen LogP contribution < -0.4 is 5.32 Å². The summed E-state index contributed by atoms with van der Waals surface area (Å²) >= 11 is 0. The van der Waals surface area contributed by atoms with Crippen LogP contribution in [-0.4, -0.2) is 140 Å². The van der Waals surface area contributed by atoms with Crippen LogP contribution in [0.2, 0.25) is 0 Å². The lowest BCUT2D eigenvalue weighted by Crippen LogP contribution is -2.65. The SMILES string of the molecule is CC/C=C\C/C=C\C/C=C\C/C=C\CCCCC(=O)NC(COC1OC(CO)C(OC2OC(CO)C(O)C(O)C2O)C(O)C1O)C(O)/C=C/CCC. The molecule has 12 atom stereocenters. The highest BCUT2D eigenvalue weighted by molar-refractivity contribution is 5.76. The zero-order valence-electron chi connectivity index (χ0n) is 30.5. The van der Waals surface area contributed by atoms with Crippen molar-refractivity contribution in [3.05, 3.63) is 60.8 Å². The van der Waals surface area contributed by atoms with Crippen LogP contribution >= 0.6 is 0 Å². The molecule has 9 N–H and O–H groups in total. The molecule has 2 rings (SSSR count). The molecule has 14 heteroatoms. The van der Waals surface area contributed by atoms with Gasteiger partial charge in [0, 0.05) is 6.42 Å². The largest absolute Gasteiger partial charge is 0.394 e. The van der Waals surface area contributed by atoms with Crippen LogP contribution in [-0.2, 0) is 23.7 Å². The smallest absolute Gasteiger partial charge is 0.220 e. The van der Waals surface area contributed by atoms with Gasteiger partial charge in [0.1, 0.15) is 48.8 Å². The highest BCUT2D eigenvalue weighted by Gasteiger charge is 2.50. The van der Waals surface area contributed by atoms with E-state index in [0.717, 1.165) is 44.9 Å². The fraction of sp³-hybridized carbons (Fsp3) is 0.711. The van der Waals surface area contributed by atoms with Gasteiger partial charge in [0.25, 0.3) is 0 Å². The second-order valence-corrected chi connectivity index (χ2v) is 13.0. The molecule has 0 aliphatic carbocycles. The van der Waals surface area contributed by atoms with Crippen LogP contribution in [0.4, 0.5) is 0 Å². The summed E-state index contributed by atoms with van der Waals surface area (Å²) in [7, 11) is 0. The Bertz CT molecular complexity index is 1110. The number of aliphatic hydroxyl groups excluding tert-OH is 8. The third-order valence-corrected chi connectivity index (χ3v) is 8.69. The van der Waals surface area contributed by atoms with Gasteiger partial charge in [-0.05, 0) is 51.4 Å². The lowest BCUT2D eigenvalue weighted by Gasteiger charge is -2.46. The summed E-state index contributed by atoms with van der Waals surface area (Å²) < 4.78 is 22.3. The van der Waals surface area contributed by atoms with Crippen molar-refractivity contribution in [2.24, 2.45) is 0 Å². The van der Waals surface area contributed by atoms with Crippen molar-refractivity contribution in [2.45, 2.75) is 152 Å². The van der Waals surface area contributed by atoms with Gasteiger partial charge in [-0.3, -0.25) is 4.79 Å². The van der Waals surface area contributed by atoms with E-state index in [0.29, 0.717) is 12.8 Å². The van der Waals surface area contributed by atoms with Crippen molar-refractivity contribution < 1.29 is 64.6 Å². The maximum Gasteiger partial charge on any atom is 0.220 e. The first kappa shape index (κ1) is 45.8. The molecule has 14 nitrogen and oxygen atoms in total. The third-order valence-electron chi connectivity index (χ3n) is 8.69. The van der Waals surface area contributed by atoms with Gasteiger partial charge in [0.15, 0.2) is 12.6 Å². The molecular weight excluding hydrogens is 678 g/mol. The number of carbonyl (C=O) groups is 1. The lowest BCUT2D eigenvalue weighted by molar-refractivity contribution is -0.359. The number of ether oxygens (including phenoxy) is 4. The minimum atomic E-state index is -1.79. The molecule has 0 aromatic heterocycles. The van der Waals surface area contributed by atoms with E-state index in [4.69, 9.17) is 18.9 Å². The van der Waals surface area contributed by atoms with Gasteiger partial charge >= 0.3 is 0 Å². The molecule has 0 spiro atoms. The summed E-state index contributed by atoms with van der Waals surface area (Å²) in [6.45, 7) is 2.34. The van der Waals surface area contributed by atoms with Crippen molar-refractivity contribution >= 4 is 5.91 Å². The molecule has 0 aromatic carbocycles. The molecule has 0 radical (unpaired) electrons. The van der Waals surface area contributed by atoms with E-state index in [9.17, 15) is 45.6 Å². The molecule has 0 saturated carbocycles. The first-order valence-corrected chi connectivity index (χ1v) is 18.5.